The Morgan fingerprint density at radius 1 is 0.870 bits per heavy atom. The zero-order valence-electron chi connectivity index (χ0n) is 12.9. The van der Waals surface area contributed by atoms with Crippen molar-refractivity contribution in [2.45, 2.75) is 0 Å². The molecule has 7 nitrogen and oxygen atoms in total. The normalized spacial score (nSPS) is 10.0. The van der Waals surface area contributed by atoms with Gasteiger partial charge in [0.25, 0.3) is 5.69 Å². The summed E-state index contributed by atoms with van der Waals surface area (Å²) in [6.07, 6.45) is 0. The minimum Gasteiger partial charge on any atom is -0.497 e. The summed E-state index contributed by atoms with van der Waals surface area (Å²) < 4.78 is 21.2. The van der Waals surface area contributed by atoms with Gasteiger partial charge in [0.05, 0.1) is 25.2 Å². The van der Waals surface area contributed by atoms with Gasteiger partial charge in [-0.3, -0.25) is 10.1 Å². The third-order valence-electron chi connectivity index (χ3n) is 3.03. The summed E-state index contributed by atoms with van der Waals surface area (Å²) in [5.74, 6) is 2.16. The summed E-state index contributed by atoms with van der Waals surface area (Å²) in [7, 11) is 3.07. The number of non-ortho nitro benzene ring substituents is 1. The fourth-order valence-corrected chi connectivity index (χ4v) is 1.87. The van der Waals surface area contributed by atoms with E-state index in [-0.39, 0.29) is 18.9 Å². The Hall–Kier alpha value is -2.96. The predicted molar refractivity (Wildman–Crippen MR) is 83.6 cm³/mol. The van der Waals surface area contributed by atoms with Crippen LogP contribution in [0.15, 0.2) is 42.5 Å². The zero-order valence-corrected chi connectivity index (χ0v) is 12.9. The largest absolute Gasteiger partial charge is 0.497 e. The van der Waals surface area contributed by atoms with Gasteiger partial charge in [0.1, 0.15) is 24.7 Å². The van der Waals surface area contributed by atoms with Crippen molar-refractivity contribution >= 4 is 5.69 Å². The second-order valence-electron chi connectivity index (χ2n) is 4.46. The van der Waals surface area contributed by atoms with Crippen LogP contribution in [-0.4, -0.2) is 32.4 Å². The van der Waals surface area contributed by atoms with Crippen molar-refractivity contribution in [3.05, 3.63) is 52.6 Å². The Morgan fingerprint density at radius 3 is 2.13 bits per heavy atom. The SMILES string of the molecule is COc1ccc(OCCOc2cc([N+](=O)[O-])ccc2OC)cc1. The van der Waals surface area contributed by atoms with Gasteiger partial charge in [-0.15, -0.1) is 0 Å². The lowest BCUT2D eigenvalue weighted by atomic mass is 10.3. The van der Waals surface area contributed by atoms with Crippen LogP contribution in [0.5, 0.6) is 23.0 Å². The van der Waals surface area contributed by atoms with E-state index in [1.165, 1.54) is 25.3 Å². The van der Waals surface area contributed by atoms with Crippen molar-refractivity contribution in [2.24, 2.45) is 0 Å². The number of rotatable bonds is 8. The first-order chi connectivity index (χ1) is 11.1. The average Bonchev–Trinajstić information content (AvgIpc) is 2.59. The van der Waals surface area contributed by atoms with Crippen molar-refractivity contribution in [3.63, 3.8) is 0 Å². The second kappa shape index (κ2) is 7.88. The highest BCUT2D eigenvalue weighted by atomic mass is 16.6. The lowest BCUT2D eigenvalue weighted by Crippen LogP contribution is -2.09. The molecule has 7 heteroatoms. The van der Waals surface area contributed by atoms with Crippen LogP contribution in [0.2, 0.25) is 0 Å². The Labute approximate surface area is 133 Å². The van der Waals surface area contributed by atoms with Crippen LogP contribution in [0, 0.1) is 10.1 Å². The first-order valence-corrected chi connectivity index (χ1v) is 6.86. The van der Waals surface area contributed by atoms with Crippen molar-refractivity contribution in [3.8, 4) is 23.0 Å². The fraction of sp³-hybridized carbons (Fsp3) is 0.250. The molecule has 0 atom stereocenters. The van der Waals surface area contributed by atoms with E-state index >= 15 is 0 Å². The van der Waals surface area contributed by atoms with E-state index in [9.17, 15) is 10.1 Å². The maximum absolute atomic E-state index is 10.8. The molecule has 0 aliphatic rings. The molecule has 0 aromatic heterocycles. The van der Waals surface area contributed by atoms with Crippen LogP contribution in [-0.2, 0) is 0 Å². The van der Waals surface area contributed by atoms with Crippen LogP contribution in [0.1, 0.15) is 0 Å². The number of nitro groups is 1. The number of ether oxygens (including phenoxy) is 4. The molecule has 2 aromatic carbocycles. The van der Waals surface area contributed by atoms with E-state index in [1.807, 2.05) is 0 Å². The average molecular weight is 319 g/mol. The smallest absolute Gasteiger partial charge is 0.273 e. The van der Waals surface area contributed by atoms with Crippen molar-refractivity contribution in [1.82, 2.24) is 0 Å². The van der Waals surface area contributed by atoms with Gasteiger partial charge in [-0.25, -0.2) is 0 Å². The lowest BCUT2D eigenvalue weighted by Gasteiger charge is -2.11. The van der Waals surface area contributed by atoms with Crippen LogP contribution < -0.4 is 18.9 Å². The highest BCUT2D eigenvalue weighted by Gasteiger charge is 2.12. The maximum atomic E-state index is 10.8. The van der Waals surface area contributed by atoms with Gasteiger partial charge in [-0.1, -0.05) is 0 Å². The summed E-state index contributed by atoms with van der Waals surface area (Å²) in [4.78, 5) is 10.3. The first kappa shape index (κ1) is 16.4. The van der Waals surface area contributed by atoms with Gasteiger partial charge >= 0.3 is 0 Å². The predicted octanol–water partition coefficient (Wildman–Crippen LogP) is 3.07. The molecule has 0 amide bonds. The molecule has 0 aliphatic carbocycles. The van der Waals surface area contributed by atoms with E-state index in [0.29, 0.717) is 17.2 Å². The Morgan fingerprint density at radius 2 is 1.52 bits per heavy atom. The number of methoxy groups -OCH3 is 2. The van der Waals surface area contributed by atoms with Gasteiger partial charge in [0.15, 0.2) is 11.5 Å². The number of nitrogens with zero attached hydrogens (tertiary/aromatic N) is 1. The minimum atomic E-state index is -0.486. The Balaban J connectivity index is 1.89. The minimum absolute atomic E-state index is 0.0585. The molecule has 0 heterocycles. The molecule has 23 heavy (non-hydrogen) atoms. The molecular formula is C16H17NO6. The van der Waals surface area contributed by atoms with E-state index in [2.05, 4.69) is 0 Å². The summed E-state index contributed by atoms with van der Waals surface area (Å²) in [6.45, 7) is 0.516. The molecule has 0 N–H and O–H groups in total. The molecule has 0 spiro atoms. The van der Waals surface area contributed by atoms with Gasteiger partial charge in [-0.05, 0) is 30.3 Å². The third kappa shape index (κ3) is 4.50. The summed E-state index contributed by atoms with van der Waals surface area (Å²) in [6, 6.07) is 11.3. The van der Waals surface area contributed by atoms with Gasteiger partial charge < -0.3 is 18.9 Å². The standard InChI is InChI=1S/C16H17NO6/c1-20-13-4-6-14(7-5-13)22-9-10-23-16-11-12(17(18)19)3-8-15(16)21-2/h3-8,11H,9-10H2,1-2H3. The lowest BCUT2D eigenvalue weighted by molar-refractivity contribution is -0.385. The molecular weight excluding hydrogens is 302 g/mol. The molecule has 0 radical (unpaired) electrons. The highest BCUT2D eigenvalue weighted by Crippen LogP contribution is 2.31. The molecule has 0 bridgehead atoms. The van der Waals surface area contributed by atoms with E-state index in [4.69, 9.17) is 18.9 Å². The number of nitro benzene ring substituents is 1. The van der Waals surface area contributed by atoms with E-state index in [0.717, 1.165) is 5.75 Å². The maximum Gasteiger partial charge on any atom is 0.273 e. The number of benzene rings is 2. The molecule has 0 saturated heterocycles. The van der Waals surface area contributed by atoms with Crippen molar-refractivity contribution in [1.29, 1.82) is 0 Å². The van der Waals surface area contributed by atoms with Crippen LogP contribution in [0.3, 0.4) is 0 Å². The molecule has 0 unspecified atom stereocenters. The highest BCUT2D eigenvalue weighted by molar-refractivity contribution is 5.48. The molecule has 0 saturated carbocycles. The molecule has 0 aliphatic heterocycles. The van der Waals surface area contributed by atoms with Crippen LogP contribution in [0.4, 0.5) is 5.69 Å². The van der Waals surface area contributed by atoms with E-state index in [1.54, 1.807) is 31.4 Å². The fourth-order valence-electron chi connectivity index (χ4n) is 1.87. The monoisotopic (exact) mass is 319 g/mol. The Kier molecular flexibility index (Phi) is 5.62. The quantitative estimate of drug-likeness (QED) is 0.422. The van der Waals surface area contributed by atoms with Crippen molar-refractivity contribution < 1.29 is 23.9 Å². The molecule has 122 valence electrons. The molecule has 0 fully saturated rings. The van der Waals surface area contributed by atoms with Crippen LogP contribution >= 0.6 is 0 Å². The number of hydrogen-bond acceptors (Lipinski definition) is 6. The summed E-state index contributed by atoms with van der Waals surface area (Å²) in [5.41, 5.74) is -0.0585. The summed E-state index contributed by atoms with van der Waals surface area (Å²) >= 11 is 0. The van der Waals surface area contributed by atoms with E-state index < -0.39 is 4.92 Å². The third-order valence-corrected chi connectivity index (χ3v) is 3.03. The molecule has 2 aromatic rings. The number of hydrogen-bond donors (Lipinski definition) is 0. The summed E-state index contributed by atoms with van der Waals surface area (Å²) in [5, 5.41) is 10.8. The second-order valence-corrected chi connectivity index (χ2v) is 4.46. The Bertz CT molecular complexity index is 656. The first-order valence-electron chi connectivity index (χ1n) is 6.86. The van der Waals surface area contributed by atoms with Gasteiger partial charge in [-0.2, -0.15) is 0 Å². The van der Waals surface area contributed by atoms with Gasteiger partial charge in [0, 0.05) is 6.07 Å². The van der Waals surface area contributed by atoms with Gasteiger partial charge in [0.2, 0.25) is 0 Å². The van der Waals surface area contributed by atoms with Crippen LogP contribution in [0.25, 0.3) is 0 Å². The molecule has 2 rings (SSSR count). The zero-order chi connectivity index (χ0) is 16.7. The van der Waals surface area contributed by atoms with Crippen molar-refractivity contribution in [2.75, 3.05) is 27.4 Å². The topological polar surface area (TPSA) is 80.1 Å².